The number of likely N-dealkylation sites (N-methyl/N-ethyl adjacent to an activating group) is 1. The van der Waals surface area contributed by atoms with Gasteiger partial charge in [-0.15, -0.1) is 0 Å². The number of hydrogen-bond donors (Lipinski definition) is 1. The molecule has 1 N–H and O–H groups in total. The minimum absolute atomic E-state index is 0.0493. The molecule has 7 heteroatoms. The molecule has 1 aliphatic rings. The SMILES string of the molecule is CCN1C(=O)S/C(=C/c2cc(Cl)cc(I)c2O)C1=O. The number of amides is 2. The third kappa shape index (κ3) is 2.90. The summed E-state index contributed by atoms with van der Waals surface area (Å²) < 4.78 is 0.589. The van der Waals surface area contributed by atoms with Gasteiger partial charge in [0.25, 0.3) is 11.1 Å². The summed E-state index contributed by atoms with van der Waals surface area (Å²) in [5, 5.41) is 10.1. The lowest BCUT2D eigenvalue weighted by Crippen LogP contribution is -2.27. The lowest BCUT2D eigenvalue weighted by atomic mass is 10.2. The van der Waals surface area contributed by atoms with Crippen LogP contribution in [0, 0.1) is 3.57 Å². The van der Waals surface area contributed by atoms with Gasteiger partial charge >= 0.3 is 0 Å². The van der Waals surface area contributed by atoms with Crippen LogP contribution in [0.15, 0.2) is 17.0 Å². The Labute approximate surface area is 132 Å². The van der Waals surface area contributed by atoms with Gasteiger partial charge in [0.15, 0.2) is 0 Å². The lowest BCUT2D eigenvalue weighted by Gasteiger charge is -2.07. The Balaban J connectivity index is 2.43. The Kier molecular flexibility index (Phi) is 4.42. The molecule has 0 atom stereocenters. The van der Waals surface area contributed by atoms with Gasteiger partial charge in [-0.05, 0) is 59.5 Å². The summed E-state index contributed by atoms with van der Waals surface area (Å²) in [6, 6.07) is 3.17. The first-order chi connectivity index (χ1) is 8.93. The van der Waals surface area contributed by atoms with Crippen LogP contribution in [0.4, 0.5) is 4.79 Å². The van der Waals surface area contributed by atoms with Crippen molar-refractivity contribution in [2.75, 3.05) is 6.54 Å². The van der Waals surface area contributed by atoms with Crippen molar-refractivity contribution in [3.8, 4) is 5.75 Å². The van der Waals surface area contributed by atoms with Gasteiger partial charge < -0.3 is 5.11 Å². The molecule has 0 aromatic heterocycles. The molecule has 1 aliphatic heterocycles. The van der Waals surface area contributed by atoms with E-state index in [1.165, 1.54) is 6.08 Å². The molecule has 1 saturated heterocycles. The topological polar surface area (TPSA) is 57.6 Å². The zero-order valence-corrected chi connectivity index (χ0v) is 13.5. The van der Waals surface area contributed by atoms with E-state index in [0.29, 0.717) is 25.6 Å². The molecule has 1 fully saturated rings. The molecule has 2 amide bonds. The maximum absolute atomic E-state index is 11.9. The Morgan fingerprint density at radius 1 is 1.47 bits per heavy atom. The highest BCUT2D eigenvalue weighted by Gasteiger charge is 2.33. The highest BCUT2D eigenvalue weighted by molar-refractivity contribution is 14.1. The predicted molar refractivity (Wildman–Crippen MR) is 84.2 cm³/mol. The predicted octanol–water partition coefficient (Wildman–Crippen LogP) is 3.71. The normalized spacial score (nSPS) is 17.6. The van der Waals surface area contributed by atoms with Gasteiger partial charge in [-0.3, -0.25) is 14.5 Å². The van der Waals surface area contributed by atoms with Gasteiger partial charge in [-0.25, -0.2) is 0 Å². The third-order valence-corrected chi connectivity index (χ3v) is 4.48. The molecule has 4 nitrogen and oxygen atoms in total. The van der Waals surface area contributed by atoms with Crippen molar-refractivity contribution < 1.29 is 14.7 Å². The van der Waals surface area contributed by atoms with Crippen molar-refractivity contribution >= 4 is 63.2 Å². The van der Waals surface area contributed by atoms with Crippen LogP contribution in [0.25, 0.3) is 6.08 Å². The number of carbonyl (C=O) groups excluding carboxylic acids is 2. The van der Waals surface area contributed by atoms with E-state index in [1.54, 1.807) is 19.1 Å². The Morgan fingerprint density at radius 2 is 2.16 bits per heavy atom. The minimum Gasteiger partial charge on any atom is -0.506 e. The number of rotatable bonds is 2. The van der Waals surface area contributed by atoms with Crippen molar-refractivity contribution in [2.24, 2.45) is 0 Å². The fraction of sp³-hybridized carbons (Fsp3) is 0.167. The van der Waals surface area contributed by atoms with Crippen LogP contribution in [-0.2, 0) is 4.79 Å². The zero-order valence-electron chi connectivity index (χ0n) is 9.81. The van der Waals surface area contributed by atoms with E-state index < -0.39 is 0 Å². The minimum atomic E-state index is -0.341. The van der Waals surface area contributed by atoms with Crippen molar-refractivity contribution in [3.63, 3.8) is 0 Å². The molecule has 1 aromatic carbocycles. The van der Waals surface area contributed by atoms with E-state index >= 15 is 0 Å². The molecule has 0 spiro atoms. The zero-order chi connectivity index (χ0) is 14.2. The molecule has 1 aromatic rings. The second-order valence-electron chi connectivity index (χ2n) is 3.75. The first-order valence-corrected chi connectivity index (χ1v) is 7.64. The quantitative estimate of drug-likeness (QED) is 0.598. The van der Waals surface area contributed by atoms with Crippen LogP contribution < -0.4 is 0 Å². The van der Waals surface area contributed by atoms with Crippen LogP contribution in [0.2, 0.25) is 5.02 Å². The highest BCUT2D eigenvalue weighted by atomic mass is 127. The summed E-state index contributed by atoms with van der Waals surface area (Å²) in [4.78, 5) is 25.0. The molecule has 2 rings (SSSR count). The third-order valence-electron chi connectivity index (χ3n) is 2.53. The Bertz CT molecular complexity index is 603. The van der Waals surface area contributed by atoms with Crippen molar-refractivity contribution in [3.05, 3.63) is 31.2 Å². The average molecular weight is 410 g/mol. The monoisotopic (exact) mass is 409 g/mol. The van der Waals surface area contributed by atoms with Crippen LogP contribution >= 0.6 is 46.0 Å². The van der Waals surface area contributed by atoms with Crippen molar-refractivity contribution in [1.29, 1.82) is 0 Å². The fourth-order valence-electron chi connectivity index (χ4n) is 1.61. The van der Waals surface area contributed by atoms with Crippen LogP contribution in [0.1, 0.15) is 12.5 Å². The molecular formula is C12H9ClINO3S. The van der Waals surface area contributed by atoms with Gasteiger partial charge in [0.05, 0.1) is 8.48 Å². The van der Waals surface area contributed by atoms with Gasteiger partial charge in [0, 0.05) is 17.1 Å². The summed E-state index contributed by atoms with van der Waals surface area (Å²) >= 11 is 8.73. The second kappa shape index (κ2) is 5.72. The largest absolute Gasteiger partial charge is 0.506 e. The first kappa shape index (κ1) is 14.7. The van der Waals surface area contributed by atoms with Crippen molar-refractivity contribution in [2.45, 2.75) is 6.92 Å². The molecular weight excluding hydrogens is 401 g/mol. The second-order valence-corrected chi connectivity index (χ2v) is 6.34. The van der Waals surface area contributed by atoms with Gasteiger partial charge in [0.2, 0.25) is 0 Å². The number of imide groups is 1. The number of nitrogens with zero attached hydrogens (tertiary/aromatic N) is 1. The van der Waals surface area contributed by atoms with Crippen molar-refractivity contribution in [1.82, 2.24) is 4.90 Å². The van der Waals surface area contributed by atoms with Crippen LogP contribution in [-0.4, -0.2) is 27.7 Å². The number of aromatic hydroxyl groups is 1. The maximum atomic E-state index is 11.9. The van der Waals surface area contributed by atoms with Crippen LogP contribution in [0.3, 0.4) is 0 Å². The number of phenols is 1. The molecule has 0 unspecified atom stereocenters. The smallest absolute Gasteiger partial charge is 0.293 e. The molecule has 0 bridgehead atoms. The fourth-order valence-corrected chi connectivity index (χ4v) is 3.56. The van der Waals surface area contributed by atoms with Crippen LogP contribution in [0.5, 0.6) is 5.75 Å². The molecule has 1 heterocycles. The molecule has 100 valence electrons. The van der Waals surface area contributed by atoms with E-state index in [4.69, 9.17) is 11.6 Å². The molecule has 0 saturated carbocycles. The highest BCUT2D eigenvalue weighted by Crippen LogP contribution is 2.35. The summed E-state index contributed by atoms with van der Waals surface area (Å²) in [5.41, 5.74) is 0.429. The number of halogens is 2. The molecule has 19 heavy (non-hydrogen) atoms. The number of carbonyl (C=O) groups is 2. The van der Waals surface area contributed by atoms with E-state index in [9.17, 15) is 14.7 Å². The summed E-state index contributed by atoms with van der Waals surface area (Å²) in [7, 11) is 0. The first-order valence-electron chi connectivity index (χ1n) is 5.37. The van der Waals surface area contributed by atoms with E-state index in [1.807, 2.05) is 22.6 Å². The standard InChI is InChI=1S/C12H9ClINO3S/c1-2-15-11(17)9(19-12(15)18)4-6-3-7(13)5-8(14)10(6)16/h3-5,16H,2H2,1H3/b9-4+. The number of benzene rings is 1. The number of thioether (sulfide) groups is 1. The number of phenolic OH excluding ortho intramolecular Hbond substituents is 1. The molecule has 0 aliphatic carbocycles. The lowest BCUT2D eigenvalue weighted by molar-refractivity contribution is -0.122. The average Bonchev–Trinajstić information content (AvgIpc) is 2.60. The molecule has 0 radical (unpaired) electrons. The Morgan fingerprint density at radius 3 is 2.74 bits per heavy atom. The Hall–Kier alpha value is -0.730. The summed E-state index contributed by atoms with van der Waals surface area (Å²) in [6.45, 7) is 2.07. The van der Waals surface area contributed by atoms with E-state index in [-0.39, 0.29) is 16.9 Å². The van der Waals surface area contributed by atoms with Gasteiger partial charge in [-0.1, -0.05) is 11.6 Å². The van der Waals surface area contributed by atoms with Gasteiger partial charge in [0.1, 0.15) is 5.75 Å². The maximum Gasteiger partial charge on any atom is 0.293 e. The number of hydrogen-bond acceptors (Lipinski definition) is 4. The summed E-state index contributed by atoms with van der Waals surface area (Å²) in [5.74, 6) is -0.291. The van der Waals surface area contributed by atoms with Gasteiger partial charge in [-0.2, -0.15) is 0 Å². The summed E-state index contributed by atoms with van der Waals surface area (Å²) in [6.07, 6.45) is 1.49. The van der Waals surface area contributed by atoms with E-state index in [2.05, 4.69) is 0 Å². The van der Waals surface area contributed by atoms with E-state index in [0.717, 1.165) is 16.7 Å².